The van der Waals surface area contributed by atoms with Gasteiger partial charge in [-0.15, -0.1) is 0 Å². The van der Waals surface area contributed by atoms with Crippen LogP contribution in [0, 0.1) is 0 Å². The van der Waals surface area contributed by atoms with E-state index in [-0.39, 0.29) is 0 Å². The molecule has 0 radical (unpaired) electrons. The second-order valence-electron chi connectivity index (χ2n) is 37.4. The fourth-order valence-electron chi connectivity index (χ4n) is 23.8. The molecule has 622 valence electrons. The van der Waals surface area contributed by atoms with Gasteiger partial charge in [-0.1, -0.05) is 433 Å². The molecule has 0 amide bonds. The Morgan fingerprint density at radius 3 is 1.20 bits per heavy atom. The lowest BCUT2D eigenvalue weighted by molar-refractivity contribution is 0.467. The van der Waals surface area contributed by atoms with E-state index >= 15 is 0 Å². The number of ether oxygens (including phenoxy) is 2. The van der Waals surface area contributed by atoms with Gasteiger partial charge in [0.1, 0.15) is 28.6 Å². The molecule has 0 N–H and O–H groups in total. The molecule has 27 rings (SSSR count). The summed E-state index contributed by atoms with van der Waals surface area (Å²) in [5.74, 6) is 3.01. The topological polar surface area (TPSA) is 38.1 Å². The zero-order chi connectivity index (χ0) is 87.9. The van der Waals surface area contributed by atoms with E-state index in [0.29, 0.717) is 5.75 Å². The van der Waals surface area contributed by atoms with Crippen LogP contribution in [0.4, 0.5) is 34.1 Å². The highest BCUT2D eigenvalue weighted by atomic mass is 16.5. The molecular formula is C126H84B2N2O3. The predicted octanol–water partition coefficient (Wildman–Crippen LogP) is 28.4. The molecule has 0 fully saturated rings. The normalized spacial score (nSPS) is 13.9. The second-order valence-corrected chi connectivity index (χ2v) is 37.4. The fraction of sp³-hybridized carbons (Fsp3) is 0.0476. The molecule has 20 aromatic carbocycles. The highest BCUT2D eigenvalue weighted by molar-refractivity contribution is 7.03. The van der Waals surface area contributed by atoms with Gasteiger partial charge in [0.25, 0.3) is 13.4 Å². The summed E-state index contributed by atoms with van der Waals surface area (Å²) in [5, 5.41) is 2.07. The highest BCUT2D eigenvalue weighted by Gasteiger charge is 2.55. The van der Waals surface area contributed by atoms with E-state index in [4.69, 9.17) is 13.9 Å². The van der Waals surface area contributed by atoms with Crippen molar-refractivity contribution in [1.29, 1.82) is 0 Å². The lowest BCUT2D eigenvalue weighted by Gasteiger charge is -2.47. The first-order valence-corrected chi connectivity index (χ1v) is 46.4. The van der Waals surface area contributed by atoms with Crippen molar-refractivity contribution in [1.82, 2.24) is 0 Å². The predicted molar refractivity (Wildman–Crippen MR) is 551 cm³/mol. The number of furan rings is 1. The SMILES string of the molecule is CC(C)(C)c1cc2c3c(c1)N(c1c(-c4ccccc4)cccc1-c1ccccc1)c1c(ccc4c1oc1ccccc14)B3c1c(cc3c4c1Oc1cc5c(cc1B4c1cc(-c4ccccc4)cc(-c4ccc6c(c4)C(c4ccccc4)(c4ccccc4)c4ccccc4-6)c1O3)-c1ccccc1C5(c1ccccc1)c1ccccc1)N2c1c(-c2ccccc2)cccc1-c1ccccc1. The van der Waals surface area contributed by atoms with Crippen LogP contribution in [-0.2, 0) is 16.2 Å². The lowest BCUT2D eigenvalue weighted by atomic mass is 9.30. The number of fused-ring (bicyclic) bond motifs is 19. The monoisotopic (exact) mass is 1690 g/mol. The van der Waals surface area contributed by atoms with Crippen LogP contribution in [0.15, 0.2) is 459 Å². The first-order chi connectivity index (χ1) is 65.6. The number of para-hydroxylation sites is 3. The van der Waals surface area contributed by atoms with E-state index in [2.05, 4.69) is 486 Å². The van der Waals surface area contributed by atoms with Crippen molar-refractivity contribution < 1.29 is 13.9 Å². The highest BCUT2D eigenvalue weighted by Crippen LogP contribution is 2.63. The van der Waals surface area contributed by atoms with Crippen LogP contribution in [0.3, 0.4) is 0 Å². The number of nitrogens with zero attached hydrogens (tertiary/aromatic N) is 2. The first-order valence-electron chi connectivity index (χ1n) is 46.4. The van der Waals surface area contributed by atoms with Crippen molar-refractivity contribution >= 4 is 102 Å². The maximum atomic E-state index is 8.82. The summed E-state index contributed by atoms with van der Waals surface area (Å²) >= 11 is 0. The number of hydrogen-bond donors (Lipinski definition) is 0. The van der Waals surface area contributed by atoms with Crippen LogP contribution in [0.2, 0.25) is 0 Å². The Morgan fingerprint density at radius 2 is 0.669 bits per heavy atom. The summed E-state index contributed by atoms with van der Waals surface area (Å²) < 4.78 is 25.2. The molecule has 21 aromatic rings. The van der Waals surface area contributed by atoms with E-state index < -0.39 is 29.7 Å². The minimum Gasteiger partial charge on any atom is -0.459 e. The van der Waals surface area contributed by atoms with Crippen LogP contribution in [-0.4, -0.2) is 13.4 Å². The Morgan fingerprint density at radius 1 is 0.241 bits per heavy atom. The van der Waals surface area contributed by atoms with Crippen molar-refractivity contribution in [2.45, 2.75) is 37.0 Å². The zero-order valence-electron chi connectivity index (χ0n) is 73.6. The average molecular weight is 1700 g/mol. The number of anilines is 6. The molecule has 0 bridgehead atoms. The van der Waals surface area contributed by atoms with E-state index in [1.54, 1.807) is 0 Å². The summed E-state index contributed by atoms with van der Waals surface area (Å²) in [6.07, 6.45) is 0. The van der Waals surface area contributed by atoms with Gasteiger partial charge in [-0.2, -0.15) is 0 Å². The van der Waals surface area contributed by atoms with Crippen LogP contribution < -0.4 is 52.1 Å². The Kier molecular flexibility index (Phi) is 17.0. The third kappa shape index (κ3) is 11.2. The molecule has 6 aliphatic rings. The molecule has 5 heterocycles. The third-order valence-corrected chi connectivity index (χ3v) is 29.5. The molecule has 1 aromatic heterocycles. The van der Waals surface area contributed by atoms with Gasteiger partial charge in [-0.25, -0.2) is 0 Å². The number of rotatable bonds is 12. The smallest absolute Gasteiger partial charge is 0.260 e. The summed E-state index contributed by atoms with van der Waals surface area (Å²) in [7, 11) is 0. The van der Waals surface area contributed by atoms with E-state index in [0.717, 1.165) is 190 Å². The Hall–Kier alpha value is -16.5. The summed E-state index contributed by atoms with van der Waals surface area (Å²) in [6, 6.07) is 170. The molecule has 0 unspecified atom stereocenters. The zero-order valence-corrected chi connectivity index (χ0v) is 73.6. The van der Waals surface area contributed by atoms with E-state index in [1.165, 1.54) is 55.6 Å². The Bertz CT molecular complexity index is 8150. The summed E-state index contributed by atoms with van der Waals surface area (Å²) in [4.78, 5) is 5.31. The van der Waals surface area contributed by atoms with E-state index in [9.17, 15) is 0 Å². The van der Waals surface area contributed by atoms with Crippen LogP contribution in [0.1, 0.15) is 70.8 Å². The van der Waals surface area contributed by atoms with Gasteiger partial charge in [-0.05, 0) is 180 Å². The third-order valence-electron chi connectivity index (χ3n) is 29.5. The molecule has 0 saturated heterocycles. The molecule has 0 spiro atoms. The van der Waals surface area contributed by atoms with Crippen molar-refractivity contribution in [3.63, 3.8) is 0 Å². The molecule has 0 saturated carbocycles. The van der Waals surface area contributed by atoms with Gasteiger partial charge >= 0.3 is 0 Å². The fourth-order valence-corrected chi connectivity index (χ4v) is 23.8. The first kappa shape index (κ1) is 76.6. The average Bonchev–Trinajstić information content (AvgIpc) is 1.65. The number of benzene rings is 20. The maximum absolute atomic E-state index is 8.82. The van der Waals surface area contributed by atoms with Crippen LogP contribution in [0.5, 0.6) is 23.0 Å². The quantitative estimate of drug-likeness (QED) is 0.114. The molecule has 2 aliphatic carbocycles. The molecule has 5 nitrogen and oxygen atoms in total. The van der Waals surface area contributed by atoms with Crippen LogP contribution in [0.25, 0.3) is 111 Å². The van der Waals surface area contributed by atoms with Gasteiger partial charge in [0.15, 0.2) is 5.58 Å². The molecular weight excluding hydrogens is 1610 g/mol. The van der Waals surface area contributed by atoms with Gasteiger partial charge in [0.2, 0.25) is 0 Å². The van der Waals surface area contributed by atoms with Gasteiger partial charge in [-0.3, -0.25) is 0 Å². The minimum atomic E-state index is -0.791. The Labute approximate surface area is 774 Å². The van der Waals surface area contributed by atoms with Crippen molar-refractivity contribution in [3.05, 3.63) is 505 Å². The summed E-state index contributed by atoms with van der Waals surface area (Å²) in [5.41, 5.74) is 40.2. The van der Waals surface area contributed by atoms with Crippen LogP contribution >= 0.6 is 0 Å². The van der Waals surface area contributed by atoms with Gasteiger partial charge < -0.3 is 23.7 Å². The summed E-state index contributed by atoms with van der Waals surface area (Å²) in [6.45, 7) is 6.05. The molecule has 4 aliphatic heterocycles. The largest absolute Gasteiger partial charge is 0.459 e. The molecule has 133 heavy (non-hydrogen) atoms. The van der Waals surface area contributed by atoms with E-state index in [1.807, 2.05) is 0 Å². The minimum absolute atomic E-state index is 0.437. The van der Waals surface area contributed by atoms with Crippen molar-refractivity contribution in [3.8, 4) is 112 Å². The number of hydrogen-bond acceptors (Lipinski definition) is 5. The molecule has 7 heteroatoms. The van der Waals surface area contributed by atoms with Gasteiger partial charge in [0.05, 0.1) is 27.9 Å². The van der Waals surface area contributed by atoms with Gasteiger partial charge in [0, 0.05) is 67.2 Å². The second kappa shape index (κ2) is 29.5. The lowest BCUT2D eigenvalue weighted by Crippen LogP contribution is -2.65. The van der Waals surface area contributed by atoms with Crippen molar-refractivity contribution in [2.24, 2.45) is 0 Å². The molecule has 0 atom stereocenters. The Balaban J connectivity index is 0.822. The maximum Gasteiger partial charge on any atom is 0.260 e. The van der Waals surface area contributed by atoms with Crippen molar-refractivity contribution in [2.75, 3.05) is 9.80 Å². The standard InChI is InChI=1S/C126H84B2N2O3/c1-124(2,3)90-74-109-115-110(75-90)130(119-93(82-45-19-7-20-46-82)62-38-63-94(119)83-47-21-8-22-48-83)120-106(70-69-99-98-59-33-36-66-112(98)131-122(99)120)128(115)116-111(129(109)118-91(80-41-15-5-16-42-80)60-37-61-92(118)81-43-17-6-18-44-81)78-114-117-123(116)132-113-77-105-101(96-58-32-35-65-103(96)126(105,88-53-27-11-28-54-88)89-55-29-12-30-56-89)76-107(113)127(117)108-73-85(79-39-13-4-14-40-79)71-100(121(108)133-114)84-67-68-97-95-57-31-34-64-102(95)125(104(97)72-84,86-49-23-9-24-50-86)87-51-25-10-26-52-87/h4-78H,1-3H3.